The van der Waals surface area contributed by atoms with Crippen LogP contribution < -0.4 is 16.3 Å². The predicted octanol–water partition coefficient (Wildman–Crippen LogP) is 4.00. The molecule has 240 valence electrons. The third kappa shape index (κ3) is 6.11. The van der Waals surface area contributed by atoms with Gasteiger partial charge in [0.2, 0.25) is 0 Å². The molecule has 48 heavy (non-hydrogen) atoms. The van der Waals surface area contributed by atoms with Gasteiger partial charge in [0.15, 0.2) is 17.6 Å². The summed E-state index contributed by atoms with van der Waals surface area (Å²) in [5, 5.41) is 10.6. The Morgan fingerprint density at radius 3 is 2.29 bits per heavy atom. The monoisotopic (exact) mass is 645 g/mol. The number of nitrogens with one attached hydrogen (secondary N) is 2. The van der Waals surface area contributed by atoms with Crippen molar-refractivity contribution in [3.63, 3.8) is 0 Å². The summed E-state index contributed by atoms with van der Waals surface area (Å²) in [7, 11) is 0. The molecule has 5 amide bonds. The number of hydrogen-bond donors (Lipinski definition) is 2. The van der Waals surface area contributed by atoms with Gasteiger partial charge in [-0.1, -0.05) is 78.9 Å². The average molecular weight is 646 g/mol. The van der Waals surface area contributed by atoms with Crippen LogP contribution >= 0.6 is 0 Å². The Labute approximate surface area is 272 Å². The van der Waals surface area contributed by atoms with Gasteiger partial charge < -0.3 is 19.5 Å². The van der Waals surface area contributed by atoms with Gasteiger partial charge >= 0.3 is 17.7 Å². The number of aldehydes is 1. The molecule has 2 atom stereocenters. The second kappa shape index (κ2) is 13.4. The Morgan fingerprint density at radius 2 is 1.58 bits per heavy atom. The van der Waals surface area contributed by atoms with Gasteiger partial charge in [-0.25, -0.2) is 24.3 Å². The molecule has 0 radical (unpaired) electrons. The molecule has 1 fully saturated rings. The lowest BCUT2D eigenvalue weighted by Crippen LogP contribution is -2.58. The van der Waals surface area contributed by atoms with E-state index in [-0.39, 0.29) is 36.1 Å². The smallest absolute Gasteiger partial charge is 0.349 e. The average Bonchev–Trinajstić information content (AvgIpc) is 3.78. The molecule has 2 unspecified atom stereocenters. The Hall–Kier alpha value is -6.63. The summed E-state index contributed by atoms with van der Waals surface area (Å²) in [5.74, 6) is -1.62. The van der Waals surface area contributed by atoms with Crippen LogP contribution in [0.15, 0.2) is 128 Å². The standard InChI is InChI=1S/C35H27N5O8/c41-22-35(25-13-5-2-6-14-25,38-31(43)27-20-24-12-7-8-16-28(24)48-32(27)44)30(42)29(23-10-3-1-4-11-23)37-33(45)39-17-18-40(34(39)46)36-21-26-15-9-19-47-26/h1-16,19-22,29H,17-18H2,(H,37,45)(H,38,43). The van der Waals surface area contributed by atoms with E-state index in [0.29, 0.717) is 11.1 Å². The molecular weight excluding hydrogens is 618 g/mol. The molecule has 0 spiro atoms. The number of urea groups is 2. The highest BCUT2D eigenvalue weighted by Gasteiger charge is 2.47. The molecule has 1 saturated heterocycles. The number of nitrogens with zero attached hydrogens (tertiary/aromatic N) is 3. The molecule has 2 N–H and O–H groups in total. The first-order valence-electron chi connectivity index (χ1n) is 14.7. The fraction of sp³-hybridized carbons (Fsp3) is 0.114. The van der Waals surface area contributed by atoms with E-state index in [1.54, 1.807) is 84.9 Å². The van der Waals surface area contributed by atoms with Crippen LogP contribution in [0.3, 0.4) is 0 Å². The SMILES string of the molecule is O=CC(NC(=O)c1cc2ccccc2oc1=O)(C(=O)C(NC(=O)N1CCN(N=Cc2ccco2)C1=O)c1ccccc1)c1ccccc1. The van der Waals surface area contributed by atoms with Crippen molar-refractivity contribution in [2.75, 3.05) is 13.1 Å². The van der Waals surface area contributed by atoms with Crippen LogP contribution in [0.25, 0.3) is 11.0 Å². The largest absolute Gasteiger partial charge is 0.463 e. The normalized spacial score (nSPS) is 14.9. The summed E-state index contributed by atoms with van der Waals surface area (Å²) in [6.45, 7) is 0.0158. The first kappa shape index (κ1) is 31.4. The minimum absolute atomic E-state index is 0.0537. The molecule has 6 rings (SSSR count). The first-order chi connectivity index (χ1) is 23.3. The van der Waals surface area contributed by atoms with E-state index in [0.717, 1.165) is 9.91 Å². The van der Waals surface area contributed by atoms with E-state index in [1.165, 1.54) is 30.7 Å². The summed E-state index contributed by atoms with van der Waals surface area (Å²) in [4.78, 5) is 82.0. The molecule has 2 aromatic heterocycles. The van der Waals surface area contributed by atoms with Crippen molar-refractivity contribution < 1.29 is 32.8 Å². The number of rotatable bonds is 10. The Kier molecular flexibility index (Phi) is 8.74. The van der Waals surface area contributed by atoms with Gasteiger partial charge in [0.1, 0.15) is 22.9 Å². The molecular formula is C35H27N5O8. The van der Waals surface area contributed by atoms with E-state index < -0.39 is 46.5 Å². The zero-order valence-corrected chi connectivity index (χ0v) is 25.1. The number of carbonyl (C=O) groups is 5. The van der Waals surface area contributed by atoms with E-state index in [1.807, 2.05) is 0 Å². The molecule has 0 aliphatic carbocycles. The number of furan rings is 1. The fourth-order valence-electron chi connectivity index (χ4n) is 5.29. The molecule has 3 aromatic carbocycles. The van der Waals surface area contributed by atoms with E-state index in [9.17, 15) is 28.8 Å². The Bertz CT molecular complexity index is 2080. The van der Waals surface area contributed by atoms with Gasteiger partial charge in [-0.15, -0.1) is 0 Å². The highest BCUT2D eigenvalue weighted by Crippen LogP contribution is 2.29. The highest BCUT2D eigenvalue weighted by molar-refractivity contribution is 6.12. The highest BCUT2D eigenvalue weighted by atomic mass is 16.4. The Balaban J connectivity index is 1.34. The minimum atomic E-state index is -2.40. The van der Waals surface area contributed by atoms with E-state index >= 15 is 0 Å². The van der Waals surface area contributed by atoms with Crippen molar-refractivity contribution in [1.82, 2.24) is 20.5 Å². The van der Waals surface area contributed by atoms with Gasteiger partial charge in [-0.3, -0.25) is 14.4 Å². The number of hydrogen-bond acceptors (Lipinski definition) is 9. The summed E-state index contributed by atoms with van der Waals surface area (Å²) in [5.41, 5.74) is -3.26. The van der Waals surface area contributed by atoms with Gasteiger partial charge in [0, 0.05) is 5.39 Å². The number of ketones is 1. The van der Waals surface area contributed by atoms with Crippen LogP contribution in [0.1, 0.15) is 33.3 Å². The number of amides is 5. The van der Waals surface area contributed by atoms with Crippen molar-refractivity contribution in [1.29, 1.82) is 0 Å². The minimum Gasteiger partial charge on any atom is -0.463 e. The summed E-state index contributed by atoms with van der Waals surface area (Å²) in [6, 6.07) is 23.6. The lowest BCUT2D eigenvalue weighted by Gasteiger charge is -2.33. The van der Waals surface area contributed by atoms with Gasteiger partial charge in [-0.05, 0) is 35.4 Å². The summed E-state index contributed by atoms with van der Waals surface area (Å²) in [6.07, 6.45) is 3.02. The number of fused-ring (bicyclic) bond motifs is 1. The lowest BCUT2D eigenvalue weighted by atomic mass is 9.81. The molecule has 1 aliphatic rings. The first-order valence-corrected chi connectivity index (χ1v) is 14.7. The van der Waals surface area contributed by atoms with Crippen molar-refractivity contribution in [3.8, 4) is 0 Å². The number of benzene rings is 3. The molecule has 13 nitrogen and oxygen atoms in total. The number of hydrazone groups is 1. The fourth-order valence-corrected chi connectivity index (χ4v) is 5.29. The van der Waals surface area contributed by atoms with Crippen LogP contribution in [0.5, 0.6) is 0 Å². The van der Waals surface area contributed by atoms with Crippen LogP contribution in [0, 0.1) is 0 Å². The maximum absolute atomic E-state index is 14.7. The topological polar surface area (TPSA) is 172 Å². The van der Waals surface area contributed by atoms with Crippen molar-refractivity contribution in [2.24, 2.45) is 5.10 Å². The van der Waals surface area contributed by atoms with Crippen molar-refractivity contribution in [2.45, 2.75) is 11.6 Å². The molecule has 3 heterocycles. The maximum atomic E-state index is 14.7. The number of imide groups is 1. The maximum Gasteiger partial charge on any atom is 0.349 e. The Morgan fingerprint density at radius 1 is 0.875 bits per heavy atom. The van der Waals surface area contributed by atoms with Crippen molar-refractivity contribution >= 4 is 47.2 Å². The number of Topliss-reactive ketones (excluding diaryl/α,β-unsaturated/α-hetero) is 1. The molecule has 1 aliphatic heterocycles. The second-order valence-corrected chi connectivity index (χ2v) is 10.7. The predicted molar refractivity (Wildman–Crippen MR) is 172 cm³/mol. The van der Waals surface area contributed by atoms with Gasteiger partial charge in [0.05, 0.1) is 25.6 Å². The van der Waals surface area contributed by atoms with Crippen molar-refractivity contribution in [3.05, 3.63) is 142 Å². The van der Waals surface area contributed by atoms with E-state index in [2.05, 4.69) is 15.7 Å². The number of para-hydroxylation sites is 1. The zero-order chi connectivity index (χ0) is 33.7. The van der Waals surface area contributed by atoms with Crippen LogP contribution in [0.4, 0.5) is 9.59 Å². The molecule has 5 aromatic rings. The zero-order valence-electron chi connectivity index (χ0n) is 25.1. The third-order valence-electron chi connectivity index (χ3n) is 7.75. The molecule has 13 heteroatoms. The van der Waals surface area contributed by atoms with Crippen LogP contribution in [0.2, 0.25) is 0 Å². The lowest BCUT2D eigenvalue weighted by molar-refractivity contribution is -0.132. The molecule has 0 saturated carbocycles. The van der Waals surface area contributed by atoms with E-state index in [4.69, 9.17) is 8.83 Å². The van der Waals surface area contributed by atoms with Gasteiger partial charge in [0.25, 0.3) is 5.91 Å². The van der Waals surface area contributed by atoms with Crippen LogP contribution in [-0.2, 0) is 15.1 Å². The summed E-state index contributed by atoms with van der Waals surface area (Å²) < 4.78 is 10.5. The second-order valence-electron chi connectivity index (χ2n) is 10.7. The summed E-state index contributed by atoms with van der Waals surface area (Å²) >= 11 is 0. The number of carbonyl (C=O) groups excluding carboxylic acids is 5. The van der Waals surface area contributed by atoms with Gasteiger partial charge in [-0.2, -0.15) is 5.10 Å². The van der Waals surface area contributed by atoms with Crippen LogP contribution in [-0.4, -0.2) is 59.3 Å². The third-order valence-corrected chi connectivity index (χ3v) is 7.75. The molecule has 0 bridgehead atoms. The quantitative estimate of drug-likeness (QED) is 0.0993.